The number of carbonyl (C=O) groups is 4. The van der Waals surface area contributed by atoms with Crippen molar-refractivity contribution in [3.8, 4) is 0 Å². The summed E-state index contributed by atoms with van der Waals surface area (Å²) in [6, 6.07) is 0. The Morgan fingerprint density at radius 1 is 0.307 bits per heavy atom. The van der Waals surface area contributed by atoms with Crippen LogP contribution in [0.3, 0.4) is 0 Å². The predicted octanol–water partition coefficient (Wildman–Crippen LogP) is 19.5. The first-order valence-electron chi connectivity index (χ1n) is 35.8. The molecule has 0 rings (SSSR count). The third-order valence-electron chi connectivity index (χ3n) is 15.9. The van der Waals surface area contributed by atoms with E-state index in [9.17, 15) is 43.2 Å². The van der Waals surface area contributed by atoms with Crippen molar-refractivity contribution < 1.29 is 80.2 Å². The summed E-state index contributed by atoms with van der Waals surface area (Å²) < 4.78 is 68.1. The van der Waals surface area contributed by atoms with E-state index in [4.69, 9.17) is 37.0 Å². The van der Waals surface area contributed by atoms with Gasteiger partial charge in [-0.05, 0) is 43.4 Å². The quantitative estimate of drug-likeness (QED) is 0.0222. The summed E-state index contributed by atoms with van der Waals surface area (Å²) in [5.41, 5.74) is 0. The van der Waals surface area contributed by atoms with Crippen molar-refractivity contribution in [1.29, 1.82) is 0 Å². The van der Waals surface area contributed by atoms with Crippen LogP contribution >= 0.6 is 15.6 Å². The molecule has 0 aliphatic rings. The molecule has 0 radical (unpaired) electrons. The number of carbonyl (C=O) groups excluding carboxylic acids is 4. The number of esters is 4. The van der Waals surface area contributed by atoms with Crippen LogP contribution in [0.2, 0.25) is 0 Å². The molecule has 0 saturated carbocycles. The van der Waals surface area contributed by atoms with Gasteiger partial charge in [0.15, 0.2) is 12.2 Å². The van der Waals surface area contributed by atoms with E-state index in [2.05, 4.69) is 48.5 Å². The Balaban J connectivity index is 5.18. The van der Waals surface area contributed by atoms with Gasteiger partial charge in [0.05, 0.1) is 26.4 Å². The molecule has 0 amide bonds. The van der Waals surface area contributed by atoms with Crippen LogP contribution in [0.1, 0.15) is 344 Å². The van der Waals surface area contributed by atoms with E-state index in [1.807, 2.05) is 0 Å². The predicted molar refractivity (Wildman–Crippen MR) is 354 cm³/mol. The first-order valence-corrected chi connectivity index (χ1v) is 38.8. The highest BCUT2D eigenvalue weighted by Crippen LogP contribution is 2.45. The van der Waals surface area contributed by atoms with E-state index in [-0.39, 0.29) is 25.7 Å². The van der Waals surface area contributed by atoms with E-state index < -0.39 is 97.5 Å². The molecule has 0 fully saturated rings. The third-order valence-corrected chi connectivity index (χ3v) is 17.8. The van der Waals surface area contributed by atoms with Gasteiger partial charge in [-0.1, -0.05) is 292 Å². The van der Waals surface area contributed by atoms with Gasteiger partial charge in [0.2, 0.25) is 0 Å². The topological polar surface area (TPSA) is 237 Å². The molecule has 0 aliphatic carbocycles. The van der Waals surface area contributed by atoms with Crippen molar-refractivity contribution in [3.63, 3.8) is 0 Å². The molecular formula is C69H134O17P2. The maximum absolute atomic E-state index is 13.0. The molecule has 0 bridgehead atoms. The lowest BCUT2D eigenvalue weighted by Crippen LogP contribution is -2.30. The fourth-order valence-corrected chi connectivity index (χ4v) is 11.9. The molecule has 0 aromatic heterocycles. The molecule has 0 aliphatic heterocycles. The molecule has 522 valence electrons. The number of rotatable bonds is 67. The van der Waals surface area contributed by atoms with Gasteiger partial charge in [-0.3, -0.25) is 37.3 Å². The lowest BCUT2D eigenvalue weighted by Gasteiger charge is -2.21. The monoisotopic (exact) mass is 1300 g/mol. The SMILES string of the molecule is CCCCCCCCCCCCCCCCCCCCCC(=O)O[C@H](COC(=O)CCCCCCCCCCC(C)C)COP(=O)(O)OC[C@@H](O)COP(=O)(O)OC[C@@H](COC(=O)CCCCCCCCC(C)C)OC(=O)CCCCCCCCC(C)C. The molecule has 0 heterocycles. The van der Waals surface area contributed by atoms with Crippen LogP contribution in [0.25, 0.3) is 0 Å². The van der Waals surface area contributed by atoms with Gasteiger partial charge < -0.3 is 33.8 Å². The van der Waals surface area contributed by atoms with E-state index in [0.717, 1.165) is 102 Å². The zero-order valence-electron chi connectivity index (χ0n) is 57.2. The van der Waals surface area contributed by atoms with E-state index in [0.29, 0.717) is 37.5 Å². The normalized spacial score (nSPS) is 14.2. The molecule has 19 heteroatoms. The Hall–Kier alpha value is -1.94. The van der Waals surface area contributed by atoms with Gasteiger partial charge in [0.1, 0.15) is 19.3 Å². The number of unbranched alkanes of at least 4 members (excludes halogenated alkanes) is 35. The van der Waals surface area contributed by atoms with Crippen molar-refractivity contribution in [3.05, 3.63) is 0 Å². The maximum atomic E-state index is 13.0. The minimum Gasteiger partial charge on any atom is -0.462 e. The van der Waals surface area contributed by atoms with E-state index in [1.54, 1.807) is 0 Å². The lowest BCUT2D eigenvalue weighted by molar-refractivity contribution is -0.161. The summed E-state index contributed by atoms with van der Waals surface area (Å²) in [7, 11) is -9.90. The molecule has 17 nitrogen and oxygen atoms in total. The highest BCUT2D eigenvalue weighted by Gasteiger charge is 2.30. The van der Waals surface area contributed by atoms with Crippen LogP contribution in [0, 0.1) is 17.8 Å². The minimum atomic E-state index is -4.95. The molecule has 5 atom stereocenters. The summed E-state index contributed by atoms with van der Waals surface area (Å²) in [4.78, 5) is 72.3. The number of phosphoric ester groups is 2. The van der Waals surface area contributed by atoms with E-state index in [1.165, 1.54) is 148 Å². The van der Waals surface area contributed by atoms with Gasteiger partial charge in [0.25, 0.3) is 0 Å². The largest absolute Gasteiger partial charge is 0.472 e. The van der Waals surface area contributed by atoms with Crippen LogP contribution < -0.4 is 0 Å². The lowest BCUT2D eigenvalue weighted by atomic mass is 10.0. The smallest absolute Gasteiger partial charge is 0.462 e. The summed E-state index contributed by atoms with van der Waals surface area (Å²) >= 11 is 0. The zero-order valence-corrected chi connectivity index (χ0v) is 59.0. The molecule has 0 saturated heterocycles. The molecule has 3 N–H and O–H groups in total. The Labute approximate surface area is 537 Å². The van der Waals surface area contributed by atoms with Crippen molar-refractivity contribution in [2.24, 2.45) is 17.8 Å². The first kappa shape index (κ1) is 86.1. The average Bonchev–Trinajstić information content (AvgIpc) is 3.52. The maximum Gasteiger partial charge on any atom is 0.472 e. The molecule has 0 aromatic rings. The van der Waals surface area contributed by atoms with Crippen molar-refractivity contribution in [2.45, 2.75) is 362 Å². The summed E-state index contributed by atoms with van der Waals surface area (Å²) in [6.07, 6.45) is 43.6. The van der Waals surface area contributed by atoms with Crippen LogP contribution in [0.15, 0.2) is 0 Å². The van der Waals surface area contributed by atoms with Crippen LogP contribution in [-0.4, -0.2) is 96.7 Å². The van der Waals surface area contributed by atoms with Gasteiger partial charge in [0, 0.05) is 25.7 Å². The second-order valence-corrected chi connectivity index (χ2v) is 29.3. The number of aliphatic hydroxyl groups excluding tert-OH is 1. The molecular weight excluding hydrogens is 1160 g/mol. The van der Waals surface area contributed by atoms with Crippen LogP contribution in [-0.2, 0) is 65.4 Å². The highest BCUT2D eigenvalue weighted by atomic mass is 31.2. The fourth-order valence-electron chi connectivity index (χ4n) is 10.4. The Kier molecular flexibility index (Phi) is 58.7. The fraction of sp³-hybridized carbons (Fsp3) is 0.942. The third kappa shape index (κ3) is 62.8. The van der Waals surface area contributed by atoms with Crippen molar-refractivity contribution >= 4 is 39.5 Å². The van der Waals surface area contributed by atoms with E-state index >= 15 is 0 Å². The van der Waals surface area contributed by atoms with Crippen LogP contribution in [0.5, 0.6) is 0 Å². The summed E-state index contributed by atoms with van der Waals surface area (Å²) in [5, 5.41) is 10.6. The molecule has 0 spiro atoms. The number of aliphatic hydroxyl groups is 1. The van der Waals surface area contributed by atoms with Crippen molar-refractivity contribution in [2.75, 3.05) is 39.6 Å². The number of hydrogen-bond donors (Lipinski definition) is 3. The Morgan fingerprint density at radius 2 is 0.523 bits per heavy atom. The van der Waals surface area contributed by atoms with Gasteiger partial charge in [-0.25, -0.2) is 9.13 Å². The molecule has 2 unspecified atom stereocenters. The first-order chi connectivity index (χ1) is 42.2. The van der Waals surface area contributed by atoms with Gasteiger partial charge >= 0.3 is 39.5 Å². The number of hydrogen-bond acceptors (Lipinski definition) is 15. The number of phosphoric acid groups is 2. The summed E-state index contributed by atoms with van der Waals surface area (Å²) in [5.74, 6) is -0.0609. The second-order valence-electron chi connectivity index (χ2n) is 26.3. The molecule has 88 heavy (non-hydrogen) atoms. The standard InChI is InChI=1S/C69H134O17P2/c1-8-9-10-11-12-13-14-15-16-17-18-19-20-21-22-23-28-38-45-52-68(73)85-64(56-79-66(71)50-43-36-27-25-24-26-33-40-47-60(2)3)58-83-87(75,76)81-54-63(70)55-82-88(77,78)84-59-65(86-69(74)53-46-39-32-30-35-42-49-62(6)7)57-80-67(72)51-44-37-31-29-34-41-48-61(4)5/h60-65,70H,8-59H2,1-7H3,(H,75,76)(H,77,78)/t63-,64-,65-/m1/s1. The Bertz CT molecular complexity index is 1730. The van der Waals surface area contributed by atoms with Gasteiger partial charge in [-0.2, -0.15) is 0 Å². The minimum absolute atomic E-state index is 0.101. The number of ether oxygens (including phenoxy) is 4. The highest BCUT2D eigenvalue weighted by molar-refractivity contribution is 7.47. The van der Waals surface area contributed by atoms with Gasteiger partial charge in [-0.15, -0.1) is 0 Å². The Morgan fingerprint density at radius 3 is 0.773 bits per heavy atom. The second kappa shape index (κ2) is 60.0. The zero-order chi connectivity index (χ0) is 65.2. The van der Waals surface area contributed by atoms with Crippen LogP contribution in [0.4, 0.5) is 0 Å². The van der Waals surface area contributed by atoms with Crippen molar-refractivity contribution in [1.82, 2.24) is 0 Å². The average molecular weight is 1300 g/mol. The summed E-state index contributed by atoms with van der Waals surface area (Å²) in [6.45, 7) is 11.6. The molecule has 0 aromatic carbocycles.